The van der Waals surface area contributed by atoms with Gasteiger partial charge in [0.25, 0.3) is 0 Å². The van der Waals surface area contributed by atoms with Crippen molar-refractivity contribution in [1.29, 1.82) is 0 Å². The Morgan fingerprint density at radius 2 is 1.90 bits per heavy atom. The fourth-order valence-electron chi connectivity index (χ4n) is 3.19. The highest BCUT2D eigenvalue weighted by molar-refractivity contribution is 5.81. The Morgan fingerprint density at radius 3 is 2.69 bits per heavy atom. The highest BCUT2D eigenvalue weighted by Gasteiger charge is 2.11. The Labute approximate surface area is 168 Å². The summed E-state index contributed by atoms with van der Waals surface area (Å²) in [6.45, 7) is 4.16. The fraction of sp³-hybridized carbons (Fsp3) is 0.136. The summed E-state index contributed by atoms with van der Waals surface area (Å²) in [5.41, 5.74) is 5.74. The molecule has 0 radical (unpaired) electrons. The molecule has 29 heavy (non-hydrogen) atoms. The molecule has 0 bridgehead atoms. The van der Waals surface area contributed by atoms with Crippen LogP contribution in [0, 0.1) is 13.8 Å². The predicted molar refractivity (Wildman–Crippen MR) is 114 cm³/mol. The second-order valence-corrected chi connectivity index (χ2v) is 6.85. The van der Waals surface area contributed by atoms with Gasteiger partial charge in [-0.1, -0.05) is 22.9 Å². The lowest BCUT2D eigenvalue weighted by Gasteiger charge is -2.09. The van der Waals surface area contributed by atoms with E-state index in [1.54, 1.807) is 18.3 Å². The molecular formula is C22H21N5O2. The number of nitrogens with zero attached hydrogens (tertiary/aromatic N) is 4. The SMILES string of the molecule is Cc1ccc(Nc2nc3cc(Oc4ccnc(/C=N/O)c4)ccc3n2C)c(C)c1. The van der Waals surface area contributed by atoms with Gasteiger partial charge in [0, 0.05) is 31.1 Å². The average molecular weight is 387 g/mol. The summed E-state index contributed by atoms with van der Waals surface area (Å²) in [5, 5.41) is 15.1. The van der Waals surface area contributed by atoms with Gasteiger partial charge in [-0.2, -0.15) is 0 Å². The summed E-state index contributed by atoms with van der Waals surface area (Å²) >= 11 is 0. The van der Waals surface area contributed by atoms with Crippen LogP contribution in [0.25, 0.3) is 11.0 Å². The second kappa shape index (κ2) is 7.63. The Balaban J connectivity index is 1.62. The van der Waals surface area contributed by atoms with Crippen LogP contribution in [-0.2, 0) is 7.05 Å². The highest BCUT2D eigenvalue weighted by atomic mass is 16.5. The number of imidazole rings is 1. The van der Waals surface area contributed by atoms with E-state index in [4.69, 9.17) is 14.9 Å². The minimum absolute atomic E-state index is 0.504. The molecule has 0 spiro atoms. The molecule has 0 fully saturated rings. The fourth-order valence-corrected chi connectivity index (χ4v) is 3.19. The van der Waals surface area contributed by atoms with Crippen molar-refractivity contribution < 1.29 is 9.94 Å². The molecule has 0 atom stereocenters. The third kappa shape index (κ3) is 3.89. The number of pyridine rings is 1. The Bertz CT molecular complexity index is 1210. The summed E-state index contributed by atoms with van der Waals surface area (Å²) in [4.78, 5) is 8.80. The van der Waals surface area contributed by atoms with Crippen LogP contribution < -0.4 is 10.1 Å². The number of oxime groups is 1. The molecule has 2 aromatic heterocycles. The molecule has 2 heterocycles. The van der Waals surface area contributed by atoms with Crippen molar-refractivity contribution in [2.45, 2.75) is 13.8 Å². The van der Waals surface area contributed by atoms with Crippen molar-refractivity contribution in [3.05, 3.63) is 71.5 Å². The standard InChI is InChI=1S/C22H21N5O2/c1-14-4-6-19(15(2)10-14)25-22-26-20-12-17(5-7-21(20)27(22)3)29-18-8-9-23-16(11-18)13-24-28/h4-13,28H,1-3H3,(H,25,26)/b24-13+. The van der Waals surface area contributed by atoms with E-state index >= 15 is 0 Å². The van der Waals surface area contributed by atoms with E-state index in [1.807, 2.05) is 29.8 Å². The number of fused-ring (bicyclic) bond motifs is 1. The number of hydrogen-bond acceptors (Lipinski definition) is 6. The van der Waals surface area contributed by atoms with Gasteiger partial charge in [-0.25, -0.2) is 4.98 Å². The van der Waals surface area contributed by atoms with Crippen LogP contribution >= 0.6 is 0 Å². The Morgan fingerprint density at radius 1 is 1.07 bits per heavy atom. The van der Waals surface area contributed by atoms with Crippen molar-refractivity contribution in [1.82, 2.24) is 14.5 Å². The zero-order valence-electron chi connectivity index (χ0n) is 16.4. The topological polar surface area (TPSA) is 84.6 Å². The molecule has 4 aromatic rings. The lowest BCUT2D eigenvalue weighted by molar-refractivity contribution is 0.321. The van der Waals surface area contributed by atoms with Gasteiger partial charge < -0.3 is 19.8 Å². The number of benzene rings is 2. The van der Waals surface area contributed by atoms with Crippen LogP contribution in [0.4, 0.5) is 11.6 Å². The van der Waals surface area contributed by atoms with Crippen LogP contribution in [0.2, 0.25) is 0 Å². The summed E-state index contributed by atoms with van der Waals surface area (Å²) in [6, 6.07) is 15.5. The average Bonchev–Trinajstić information content (AvgIpc) is 2.99. The number of nitrogens with one attached hydrogen (secondary N) is 1. The first-order valence-corrected chi connectivity index (χ1v) is 9.15. The second-order valence-electron chi connectivity index (χ2n) is 6.85. The van der Waals surface area contributed by atoms with Crippen LogP contribution in [0.5, 0.6) is 11.5 Å². The van der Waals surface area contributed by atoms with Gasteiger partial charge in [0.05, 0.1) is 22.9 Å². The molecule has 0 saturated heterocycles. The smallest absolute Gasteiger partial charge is 0.208 e. The molecule has 2 aromatic carbocycles. The largest absolute Gasteiger partial charge is 0.457 e. The molecule has 7 nitrogen and oxygen atoms in total. The Hall–Kier alpha value is -3.87. The predicted octanol–water partition coefficient (Wildman–Crippen LogP) is 4.93. The molecule has 0 unspecified atom stereocenters. The van der Waals surface area contributed by atoms with Gasteiger partial charge in [0.15, 0.2) is 0 Å². The third-order valence-electron chi connectivity index (χ3n) is 4.66. The minimum Gasteiger partial charge on any atom is -0.457 e. The van der Waals surface area contributed by atoms with Gasteiger partial charge in [0.2, 0.25) is 5.95 Å². The van der Waals surface area contributed by atoms with E-state index in [1.165, 1.54) is 17.3 Å². The molecule has 0 saturated carbocycles. The molecule has 0 amide bonds. The molecule has 0 aliphatic heterocycles. The van der Waals surface area contributed by atoms with E-state index in [9.17, 15) is 0 Å². The lowest BCUT2D eigenvalue weighted by Crippen LogP contribution is -2.00. The molecule has 0 aliphatic carbocycles. The van der Waals surface area contributed by atoms with E-state index in [-0.39, 0.29) is 0 Å². The molecule has 4 rings (SSSR count). The lowest BCUT2D eigenvalue weighted by atomic mass is 10.1. The number of hydrogen-bond donors (Lipinski definition) is 2. The third-order valence-corrected chi connectivity index (χ3v) is 4.66. The first-order valence-electron chi connectivity index (χ1n) is 9.15. The van der Waals surface area contributed by atoms with Crippen molar-refractivity contribution in [2.24, 2.45) is 12.2 Å². The van der Waals surface area contributed by atoms with Crippen LogP contribution in [0.15, 0.2) is 59.9 Å². The van der Waals surface area contributed by atoms with Gasteiger partial charge in [-0.15, -0.1) is 0 Å². The van der Waals surface area contributed by atoms with Crippen LogP contribution in [0.1, 0.15) is 16.8 Å². The molecular weight excluding hydrogens is 366 g/mol. The molecule has 7 heteroatoms. The summed E-state index contributed by atoms with van der Waals surface area (Å²) in [5.74, 6) is 2.01. The number of ether oxygens (including phenoxy) is 1. The zero-order valence-corrected chi connectivity index (χ0v) is 16.4. The quantitative estimate of drug-likeness (QED) is 0.288. The van der Waals surface area contributed by atoms with E-state index < -0.39 is 0 Å². The number of anilines is 2. The monoisotopic (exact) mass is 387 g/mol. The maximum Gasteiger partial charge on any atom is 0.208 e. The molecule has 2 N–H and O–H groups in total. The van der Waals surface area contributed by atoms with Crippen molar-refractivity contribution in [2.75, 3.05) is 5.32 Å². The van der Waals surface area contributed by atoms with Crippen molar-refractivity contribution >= 4 is 28.9 Å². The maximum absolute atomic E-state index is 8.66. The summed E-state index contributed by atoms with van der Waals surface area (Å²) in [6.07, 6.45) is 2.84. The van der Waals surface area contributed by atoms with E-state index in [0.717, 1.165) is 22.7 Å². The number of aromatic nitrogens is 3. The van der Waals surface area contributed by atoms with Gasteiger partial charge in [0.1, 0.15) is 11.5 Å². The van der Waals surface area contributed by atoms with E-state index in [2.05, 4.69) is 47.5 Å². The Kier molecular flexibility index (Phi) is 4.87. The van der Waals surface area contributed by atoms with Gasteiger partial charge >= 0.3 is 0 Å². The zero-order chi connectivity index (χ0) is 20.4. The van der Waals surface area contributed by atoms with E-state index in [0.29, 0.717) is 17.2 Å². The van der Waals surface area contributed by atoms with Gasteiger partial charge in [-0.05, 0) is 43.7 Å². The normalized spacial score (nSPS) is 11.3. The van der Waals surface area contributed by atoms with Crippen molar-refractivity contribution in [3.8, 4) is 11.5 Å². The van der Waals surface area contributed by atoms with Crippen LogP contribution in [-0.4, -0.2) is 26.0 Å². The van der Waals surface area contributed by atoms with Crippen molar-refractivity contribution in [3.63, 3.8) is 0 Å². The first-order chi connectivity index (χ1) is 14.0. The van der Waals surface area contributed by atoms with Crippen LogP contribution in [0.3, 0.4) is 0 Å². The summed E-state index contributed by atoms with van der Waals surface area (Å²) < 4.78 is 7.93. The van der Waals surface area contributed by atoms with Gasteiger partial charge in [-0.3, -0.25) is 4.98 Å². The summed E-state index contributed by atoms with van der Waals surface area (Å²) in [7, 11) is 1.98. The molecule has 0 aliphatic rings. The minimum atomic E-state index is 0.504. The molecule has 146 valence electrons. The number of rotatable bonds is 5. The maximum atomic E-state index is 8.66. The first kappa shape index (κ1) is 18.5. The highest BCUT2D eigenvalue weighted by Crippen LogP contribution is 2.28. The number of aryl methyl sites for hydroxylation is 3.